The van der Waals surface area contributed by atoms with Crippen molar-refractivity contribution in [1.82, 2.24) is 10.3 Å². The van der Waals surface area contributed by atoms with E-state index in [2.05, 4.69) is 15.1 Å². The van der Waals surface area contributed by atoms with E-state index in [1.807, 2.05) is 20.8 Å². The van der Waals surface area contributed by atoms with Gasteiger partial charge in [-0.3, -0.25) is 16.1 Å². The van der Waals surface area contributed by atoms with Gasteiger partial charge in [0, 0.05) is 12.1 Å². The zero-order chi connectivity index (χ0) is 13.6. The highest BCUT2D eigenvalue weighted by Gasteiger charge is 2.31. The molecule has 0 atom stereocenters. The van der Waals surface area contributed by atoms with Crippen molar-refractivity contribution in [2.24, 2.45) is 5.84 Å². The third-order valence-corrected chi connectivity index (χ3v) is 3.23. The largest absolute Gasteiger partial charge is 0.462 e. The summed E-state index contributed by atoms with van der Waals surface area (Å²) >= 11 is 0. The zero-order valence-corrected chi connectivity index (χ0v) is 11.8. The number of carbonyl (C=O) groups is 1. The molecule has 0 bridgehead atoms. The third kappa shape index (κ3) is 6.33. The molecule has 0 radical (unpaired) electrons. The molecule has 0 aromatic carbocycles. The Hall–Kier alpha value is -0.650. The molecule has 1 saturated heterocycles. The molecule has 5 heteroatoms. The zero-order valence-electron chi connectivity index (χ0n) is 11.8. The lowest BCUT2D eigenvalue weighted by atomic mass is 10.1. The normalized spacial score (nSPS) is 22.0. The second kappa shape index (κ2) is 7.07. The molecule has 18 heavy (non-hydrogen) atoms. The Bertz CT molecular complexity index is 241. The number of carbonyl (C=O) groups excluding carboxylic acids is 1. The van der Waals surface area contributed by atoms with Gasteiger partial charge in [-0.05, 0) is 59.5 Å². The summed E-state index contributed by atoms with van der Waals surface area (Å²) in [4.78, 5) is 12.2. The van der Waals surface area contributed by atoms with Crippen molar-refractivity contribution in [2.75, 3.05) is 13.1 Å². The summed E-state index contributed by atoms with van der Waals surface area (Å²) in [6, 6.07) is 1.51. The van der Waals surface area contributed by atoms with Gasteiger partial charge >= 0.3 is 0 Å². The fourth-order valence-electron chi connectivity index (χ4n) is 2.02. The third-order valence-electron chi connectivity index (χ3n) is 3.23. The average Bonchev–Trinajstić information content (AvgIpc) is 3.12. The van der Waals surface area contributed by atoms with Gasteiger partial charge in [0.15, 0.2) is 0 Å². The number of nitrogens with zero attached hydrogens (tertiary/aromatic N) is 1. The number of piperidine rings is 1. The Morgan fingerprint density at radius 1 is 1.22 bits per heavy atom. The Balaban J connectivity index is 0.000000203. The Labute approximate surface area is 110 Å². The molecule has 5 nitrogen and oxygen atoms in total. The van der Waals surface area contributed by atoms with Gasteiger partial charge in [-0.2, -0.15) is 0 Å². The number of ether oxygens (including phenoxy) is 1. The summed E-state index contributed by atoms with van der Waals surface area (Å²) in [7, 11) is 0. The lowest BCUT2D eigenvalue weighted by molar-refractivity contribution is -0.138. The van der Waals surface area contributed by atoms with E-state index >= 15 is 0 Å². The predicted molar refractivity (Wildman–Crippen MR) is 71.8 cm³/mol. The van der Waals surface area contributed by atoms with Crippen LogP contribution in [0.1, 0.15) is 46.5 Å². The second-order valence-electron chi connectivity index (χ2n) is 6.03. The summed E-state index contributed by atoms with van der Waals surface area (Å²) in [6.07, 6.45) is 5.32. The van der Waals surface area contributed by atoms with Gasteiger partial charge in [0.05, 0.1) is 0 Å². The van der Waals surface area contributed by atoms with Gasteiger partial charge in [-0.1, -0.05) is 0 Å². The molecule has 0 spiro atoms. The maximum Gasteiger partial charge on any atom is 0.293 e. The number of hydrogen-bond donors (Lipinski definition) is 2. The molecule has 3 N–H and O–H groups in total. The standard InChI is InChI=1S/C8H17N3.C5H10O2/c9-10-7-3-5-11(6-4-7)8-1-2-8;1-5(2,3)7-4-6/h7-8,10H,1-6,9H2;4H,1-3H3. The first-order chi connectivity index (χ1) is 8.46. The molecular formula is C13H27N3O2. The predicted octanol–water partition coefficient (Wildman–Crippen LogP) is 1.03. The van der Waals surface area contributed by atoms with Crippen molar-refractivity contribution in [3.8, 4) is 0 Å². The summed E-state index contributed by atoms with van der Waals surface area (Å²) in [5, 5.41) is 0. The van der Waals surface area contributed by atoms with Crippen LogP contribution in [0.3, 0.4) is 0 Å². The van der Waals surface area contributed by atoms with Crippen LogP contribution in [0.2, 0.25) is 0 Å². The lowest BCUT2D eigenvalue weighted by Gasteiger charge is -2.31. The van der Waals surface area contributed by atoms with Crippen LogP contribution in [0, 0.1) is 0 Å². The van der Waals surface area contributed by atoms with Crippen molar-refractivity contribution in [3.05, 3.63) is 0 Å². The van der Waals surface area contributed by atoms with E-state index < -0.39 is 0 Å². The minimum absolute atomic E-state index is 0.318. The van der Waals surface area contributed by atoms with Crippen LogP contribution in [0.4, 0.5) is 0 Å². The monoisotopic (exact) mass is 257 g/mol. The quantitative estimate of drug-likeness (QED) is 0.449. The average molecular weight is 257 g/mol. The van der Waals surface area contributed by atoms with Gasteiger partial charge in [-0.25, -0.2) is 0 Å². The van der Waals surface area contributed by atoms with Crippen LogP contribution >= 0.6 is 0 Å². The highest BCUT2D eigenvalue weighted by Crippen LogP contribution is 2.28. The first kappa shape index (κ1) is 15.4. The van der Waals surface area contributed by atoms with Crippen molar-refractivity contribution >= 4 is 6.47 Å². The highest BCUT2D eigenvalue weighted by atomic mass is 16.5. The Kier molecular flexibility index (Phi) is 6.05. The van der Waals surface area contributed by atoms with E-state index in [1.54, 1.807) is 0 Å². The fourth-order valence-corrected chi connectivity index (χ4v) is 2.02. The van der Waals surface area contributed by atoms with E-state index in [9.17, 15) is 4.79 Å². The number of hydrazine groups is 1. The smallest absolute Gasteiger partial charge is 0.293 e. The molecule has 0 amide bonds. The molecule has 106 valence electrons. The van der Waals surface area contributed by atoms with Gasteiger partial charge in [0.1, 0.15) is 5.60 Å². The van der Waals surface area contributed by atoms with E-state index in [-0.39, 0.29) is 5.60 Å². The Morgan fingerprint density at radius 3 is 2.06 bits per heavy atom. The van der Waals surface area contributed by atoms with Crippen LogP contribution in [0.5, 0.6) is 0 Å². The first-order valence-corrected chi connectivity index (χ1v) is 6.78. The van der Waals surface area contributed by atoms with Gasteiger partial charge in [0.25, 0.3) is 6.47 Å². The number of nitrogens with two attached hydrogens (primary N) is 1. The number of nitrogens with one attached hydrogen (secondary N) is 1. The topological polar surface area (TPSA) is 67.6 Å². The number of hydrogen-bond acceptors (Lipinski definition) is 5. The van der Waals surface area contributed by atoms with E-state index in [0.29, 0.717) is 12.5 Å². The molecule has 1 aliphatic carbocycles. The lowest BCUT2D eigenvalue weighted by Crippen LogP contribution is -2.45. The van der Waals surface area contributed by atoms with E-state index in [0.717, 1.165) is 6.04 Å². The summed E-state index contributed by atoms with van der Waals surface area (Å²) in [6.45, 7) is 8.42. The molecule has 0 aromatic heterocycles. The maximum absolute atomic E-state index is 9.60. The molecule has 2 fully saturated rings. The molecule has 0 unspecified atom stereocenters. The SMILES string of the molecule is CC(C)(C)OC=O.NNC1CCN(C2CC2)CC1. The number of rotatable bonds is 3. The molecule has 1 aliphatic heterocycles. The maximum atomic E-state index is 9.60. The summed E-state index contributed by atoms with van der Waals surface area (Å²) in [5.41, 5.74) is 2.54. The van der Waals surface area contributed by atoms with Crippen LogP contribution in [0.25, 0.3) is 0 Å². The minimum atomic E-state index is -0.318. The molecule has 1 heterocycles. The molecule has 1 saturated carbocycles. The fraction of sp³-hybridized carbons (Fsp3) is 0.923. The van der Waals surface area contributed by atoms with Crippen molar-refractivity contribution in [3.63, 3.8) is 0 Å². The van der Waals surface area contributed by atoms with Crippen LogP contribution in [-0.2, 0) is 9.53 Å². The van der Waals surface area contributed by atoms with Crippen molar-refractivity contribution < 1.29 is 9.53 Å². The first-order valence-electron chi connectivity index (χ1n) is 6.78. The van der Waals surface area contributed by atoms with Crippen molar-refractivity contribution in [1.29, 1.82) is 0 Å². The second-order valence-corrected chi connectivity index (χ2v) is 6.03. The van der Waals surface area contributed by atoms with E-state index in [1.165, 1.54) is 38.8 Å². The Morgan fingerprint density at radius 2 is 1.78 bits per heavy atom. The molecule has 0 aromatic rings. The van der Waals surface area contributed by atoms with Gasteiger partial charge < -0.3 is 9.64 Å². The van der Waals surface area contributed by atoms with Crippen molar-refractivity contribution in [2.45, 2.75) is 64.1 Å². The molecular weight excluding hydrogens is 230 g/mol. The van der Waals surface area contributed by atoms with Crippen LogP contribution in [0.15, 0.2) is 0 Å². The van der Waals surface area contributed by atoms with Gasteiger partial charge in [0.2, 0.25) is 0 Å². The van der Waals surface area contributed by atoms with Crippen LogP contribution in [-0.4, -0.2) is 42.1 Å². The van der Waals surface area contributed by atoms with Crippen LogP contribution < -0.4 is 11.3 Å². The summed E-state index contributed by atoms with van der Waals surface area (Å²) in [5.74, 6) is 5.37. The molecule has 2 aliphatic rings. The molecule has 2 rings (SSSR count). The summed E-state index contributed by atoms with van der Waals surface area (Å²) < 4.78 is 4.55. The van der Waals surface area contributed by atoms with E-state index in [4.69, 9.17) is 5.84 Å². The number of likely N-dealkylation sites (tertiary alicyclic amines) is 1. The minimum Gasteiger partial charge on any atom is -0.462 e. The van der Waals surface area contributed by atoms with Gasteiger partial charge in [-0.15, -0.1) is 0 Å². The highest BCUT2D eigenvalue weighted by molar-refractivity contribution is 5.37.